The van der Waals surface area contributed by atoms with Crippen LogP contribution in [0.2, 0.25) is 0 Å². The molecule has 2 aromatic carbocycles. The Bertz CT molecular complexity index is 988. The Morgan fingerprint density at radius 3 is 2.57 bits per heavy atom. The Labute approximate surface area is 175 Å². The van der Waals surface area contributed by atoms with E-state index in [1.54, 1.807) is 25.3 Å². The maximum atomic E-state index is 13.0. The highest BCUT2D eigenvalue weighted by Gasteiger charge is 2.32. The van der Waals surface area contributed by atoms with E-state index < -0.39 is 0 Å². The topological polar surface area (TPSA) is 79.0 Å². The molecule has 2 saturated heterocycles. The van der Waals surface area contributed by atoms with Crippen molar-refractivity contribution in [3.63, 3.8) is 0 Å². The fourth-order valence-corrected chi connectivity index (χ4v) is 4.23. The molecule has 2 aliphatic rings. The van der Waals surface area contributed by atoms with Gasteiger partial charge in [0.15, 0.2) is 0 Å². The number of nitrogens with one attached hydrogen (secondary N) is 1. The van der Waals surface area contributed by atoms with Gasteiger partial charge in [0.25, 0.3) is 0 Å². The van der Waals surface area contributed by atoms with E-state index in [-0.39, 0.29) is 36.7 Å². The Hall–Kier alpha value is -3.35. The standard InChI is InChI=1S/C23H25N3O4/c1-15-13-17(8-9-19(15)26-21(27)10-11-22(26)28)24-23(29)25-12-4-7-20(25)16-5-3-6-18(14-16)30-2/h3,5-6,8-9,13-14,20H,4,7,10-12H2,1-2H3,(H,24,29). The van der Waals surface area contributed by atoms with Crippen LogP contribution in [0.3, 0.4) is 0 Å². The molecule has 0 aliphatic carbocycles. The number of likely N-dealkylation sites (tertiary alicyclic amines) is 1. The third-order valence-corrected chi connectivity index (χ3v) is 5.73. The SMILES string of the molecule is COc1cccc(C2CCCN2C(=O)Nc2ccc(N3C(=O)CCC3=O)c(C)c2)c1. The Kier molecular flexibility index (Phi) is 5.44. The molecule has 2 heterocycles. The summed E-state index contributed by atoms with van der Waals surface area (Å²) in [5, 5.41) is 2.96. The molecule has 156 valence electrons. The van der Waals surface area contributed by atoms with Crippen molar-refractivity contribution in [2.24, 2.45) is 0 Å². The van der Waals surface area contributed by atoms with Gasteiger partial charge < -0.3 is 15.0 Å². The van der Waals surface area contributed by atoms with Gasteiger partial charge in [-0.2, -0.15) is 0 Å². The van der Waals surface area contributed by atoms with Crippen molar-refractivity contribution in [2.75, 3.05) is 23.9 Å². The second-order valence-electron chi connectivity index (χ2n) is 7.68. The molecule has 0 radical (unpaired) electrons. The molecular formula is C23H25N3O4. The number of rotatable bonds is 4. The molecular weight excluding hydrogens is 382 g/mol. The normalized spacial score (nSPS) is 18.8. The van der Waals surface area contributed by atoms with Crippen LogP contribution < -0.4 is 15.0 Å². The lowest BCUT2D eigenvalue weighted by atomic mass is 10.0. The number of nitrogens with zero attached hydrogens (tertiary/aromatic N) is 2. The molecule has 0 aromatic heterocycles. The van der Waals surface area contributed by atoms with Gasteiger partial charge in [-0.05, 0) is 61.2 Å². The zero-order valence-electron chi connectivity index (χ0n) is 17.2. The van der Waals surface area contributed by atoms with Gasteiger partial charge in [0, 0.05) is 25.1 Å². The van der Waals surface area contributed by atoms with Crippen LogP contribution in [0.25, 0.3) is 0 Å². The van der Waals surface area contributed by atoms with E-state index in [1.165, 1.54) is 4.90 Å². The summed E-state index contributed by atoms with van der Waals surface area (Å²) >= 11 is 0. The third kappa shape index (κ3) is 3.75. The number of anilines is 2. The zero-order valence-corrected chi connectivity index (χ0v) is 17.2. The first kappa shape index (κ1) is 19.9. The summed E-state index contributed by atoms with van der Waals surface area (Å²) in [5.41, 5.74) is 3.04. The molecule has 7 heteroatoms. The fourth-order valence-electron chi connectivity index (χ4n) is 4.23. The van der Waals surface area contributed by atoms with E-state index >= 15 is 0 Å². The van der Waals surface area contributed by atoms with Crippen LogP contribution in [-0.4, -0.2) is 36.4 Å². The highest BCUT2D eigenvalue weighted by atomic mass is 16.5. The number of methoxy groups -OCH3 is 1. The molecule has 7 nitrogen and oxygen atoms in total. The molecule has 0 saturated carbocycles. The average Bonchev–Trinajstić information content (AvgIpc) is 3.36. The highest BCUT2D eigenvalue weighted by Crippen LogP contribution is 2.34. The van der Waals surface area contributed by atoms with Crippen molar-refractivity contribution in [2.45, 2.75) is 38.6 Å². The minimum atomic E-state index is -0.182. The van der Waals surface area contributed by atoms with Crippen molar-refractivity contribution < 1.29 is 19.1 Å². The number of carbonyl (C=O) groups is 3. The van der Waals surface area contributed by atoms with Crippen LogP contribution in [0.4, 0.5) is 16.2 Å². The summed E-state index contributed by atoms with van der Waals surface area (Å²) in [7, 11) is 1.63. The summed E-state index contributed by atoms with van der Waals surface area (Å²) in [5.74, 6) is 0.410. The minimum Gasteiger partial charge on any atom is -0.497 e. The summed E-state index contributed by atoms with van der Waals surface area (Å²) in [6.45, 7) is 2.51. The number of aryl methyl sites for hydroxylation is 1. The lowest BCUT2D eigenvalue weighted by Crippen LogP contribution is -2.34. The van der Waals surface area contributed by atoms with Gasteiger partial charge in [-0.15, -0.1) is 0 Å². The predicted molar refractivity (Wildman–Crippen MR) is 114 cm³/mol. The zero-order chi connectivity index (χ0) is 21.3. The monoisotopic (exact) mass is 407 g/mol. The van der Waals surface area contributed by atoms with E-state index in [4.69, 9.17) is 4.74 Å². The van der Waals surface area contributed by atoms with Crippen molar-refractivity contribution in [1.29, 1.82) is 0 Å². The van der Waals surface area contributed by atoms with Gasteiger partial charge in [-0.3, -0.25) is 14.5 Å². The lowest BCUT2D eigenvalue weighted by molar-refractivity contribution is -0.121. The second kappa shape index (κ2) is 8.18. The number of urea groups is 1. The number of carbonyl (C=O) groups excluding carboxylic acids is 3. The quantitative estimate of drug-likeness (QED) is 0.777. The number of hydrogen-bond acceptors (Lipinski definition) is 4. The lowest BCUT2D eigenvalue weighted by Gasteiger charge is -2.26. The number of ether oxygens (including phenoxy) is 1. The fraction of sp³-hybridized carbons (Fsp3) is 0.348. The van der Waals surface area contributed by atoms with Crippen LogP contribution in [0.5, 0.6) is 5.75 Å². The van der Waals surface area contributed by atoms with Crippen molar-refractivity contribution in [1.82, 2.24) is 4.90 Å². The van der Waals surface area contributed by atoms with Crippen LogP contribution in [0.1, 0.15) is 42.9 Å². The number of hydrogen-bond donors (Lipinski definition) is 1. The van der Waals surface area contributed by atoms with E-state index in [0.717, 1.165) is 29.7 Å². The minimum absolute atomic E-state index is 0.000290. The first-order valence-corrected chi connectivity index (χ1v) is 10.2. The number of amides is 4. The van der Waals surface area contributed by atoms with E-state index in [2.05, 4.69) is 5.32 Å². The van der Waals surface area contributed by atoms with E-state index in [0.29, 0.717) is 17.9 Å². The molecule has 2 aromatic rings. The average molecular weight is 407 g/mol. The predicted octanol–water partition coefficient (Wildman–Crippen LogP) is 4.03. The number of imide groups is 1. The first-order chi connectivity index (χ1) is 14.5. The van der Waals surface area contributed by atoms with Crippen molar-refractivity contribution in [3.05, 3.63) is 53.6 Å². The van der Waals surface area contributed by atoms with Gasteiger partial charge in [-0.1, -0.05) is 12.1 Å². The maximum Gasteiger partial charge on any atom is 0.322 e. The number of benzene rings is 2. The van der Waals surface area contributed by atoms with Gasteiger partial charge in [0.2, 0.25) is 11.8 Å². The Balaban J connectivity index is 1.50. The smallest absolute Gasteiger partial charge is 0.322 e. The Morgan fingerprint density at radius 2 is 1.87 bits per heavy atom. The highest BCUT2D eigenvalue weighted by molar-refractivity contribution is 6.20. The van der Waals surface area contributed by atoms with Gasteiger partial charge in [0.1, 0.15) is 5.75 Å². The van der Waals surface area contributed by atoms with Crippen molar-refractivity contribution >= 4 is 29.2 Å². The van der Waals surface area contributed by atoms with Crippen LogP contribution in [-0.2, 0) is 9.59 Å². The summed E-state index contributed by atoms with van der Waals surface area (Å²) in [6, 6.07) is 12.9. The van der Waals surface area contributed by atoms with Gasteiger partial charge >= 0.3 is 6.03 Å². The second-order valence-corrected chi connectivity index (χ2v) is 7.68. The maximum absolute atomic E-state index is 13.0. The molecule has 0 spiro atoms. The summed E-state index contributed by atoms with van der Waals surface area (Å²) < 4.78 is 5.32. The molecule has 30 heavy (non-hydrogen) atoms. The summed E-state index contributed by atoms with van der Waals surface area (Å²) in [4.78, 5) is 40.1. The third-order valence-electron chi connectivity index (χ3n) is 5.73. The first-order valence-electron chi connectivity index (χ1n) is 10.2. The van der Waals surface area contributed by atoms with Gasteiger partial charge in [-0.25, -0.2) is 4.79 Å². The van der Waals surface area contributed by atoms with Crippen molar-refractivity contribution in [3.8, 4) is 5.75 Å². The summed E-state index contributed by atoms with van der Waals surface area (Å²) in [6.07, 6.45) is 2.33. The molecule has 1 N–H and O–H groups in total. The van der Waals surface area contributed by atoms with Gasteiger partial charge in [0.05, 0.1) is 18.8 Å². The van der Waals surface area contributed by atoms with E-state index in [1.807, 2.05) is 36.1 Å². The molecule has 1 unspecified atom stereocenters. The Morgan fingerprint density at radius 1 is 1.10 bits per heavy atom. The molecule has 4 amide bonds. The molecule has 2 aliphatic heterocycles. The molecule has 4 rings (SSSR count). The van der Waals surface area contributed by atoms with Crippen LogP contribution >= 0.6 is 0 Å². The van der Waals surface area contributed by atoms with E-state index in [9.17, 15) is 14.4 Å². The van der Waals surface area contributed by atoms with Crippen LogP contribution in [0.15, 0.2) is 42.5 Å². The molecule has 1 atom stereocenters. The largest absolute Gasteiger partial charge is 0.497 e. The molecule has 2 fully saturated rings. The molecule has 0 bridgehead atoms. The van der Waals surface area contributed by atoms with Crippen LogP contribution in [0, 0.1) is 6.92 Å².